The molecule has 2 N–H and O–H groups in total. The van der Waals surface area contributed by atoms with Crippen molar-refractivity contribution in [3.63, 3.8) is 0 Å². The van der Waals surface area contributed by atoms with Gasteiger partial charge in [-0.3, -0.25) is 4.90 Å². The van der Waals surface area contributed by atoms with Crippen molar-refractivity contribution >= 4 is 0 Å². The van der Waals surface area contributed by atoms with Gasteiger partial charge in [-0.1, -0.05) is 13.3 Å². The maximum atomic E-state index is 10.3. The third-order valence-corrected chi connectivity index (χ3v) is 6.27. The highest BCUT2D eigenvalue weighted by Gasteiger charge is 2.38. The number of piperidine rings is 1. The van der Waals surface area contributed by atoms with Crippen LogP contribution < -0.4 is 5.32 Å². The summed E-state index contributed by atoms with van der Waals surface area (Å²) < 4.78 is 0. The van der Waals surface area contributed by atoms with Crippen LogP contribution in [0.5, 0.6) is 0 Å². The van der Waals surface area contributed by atoms with Crippen LogP contribution in [0.15, 0.2) is 0 Å². The van der Waals surface area contributed by atoms with E-state index in [2.05, 4.69) is 24.1 Å². The van der Waals surface area contributed by atoms with Gasteiger partial charge in [0.15, 0.2) is 0 Å². The first kappa shape index (κ1) is 15.8. The second kappa shape index (κ2) is 6.97. The molecule has 1 aliphatic heterocycles. The van der Waals surface area contributed by atoms with Gasteiger partial charge in [-0.25, -0.2) is 0 Å². The molecule has 0 aromatic rings. The van der Waals surface area contributed by atoms with Crippen molar-refractivity contribution in [2.24, 2.45) is 17.8 Å². The van der Waals surface area contributed by atoms with Gasteiger partial charge in [0, 0.05) is 25.2 Å². The lowest BCUT2D eigenvalue weighted by atomic mass is 9.84. The van der Waals surface area contributed by atoms with Gasteiger partial charge in [0.1, 0.15) is 0 Å². The molecule has 0 aromatic carbocycles. The van der Waals surface area contributed by atoms with E-state index in [9.17, 15) is 5.11 Å². The Morgan fingerprint density at radius 3 is 2.48 bits per heavy atom. The van der Waals surface area contributed by atoms with Crippen molar-refractivity contribution in [3.8, 4) is 0 Å². The number of nitrogens with zero attached hydrogens (tertiary/aromatic N) is 1. The molecule has 1 heterocycles. The summed E-state index contributed by atoms with van der Waals surface area (Å²) in [6, 6.07) is 1.30. The molecular formula is C18H34N2O. The molecule has 3 fully saturated rings. The number of hydrogen-bond acceptors (Lipinski definition) is 3. The number of likely N-dealkylation sites (tertiary alicyclic amines) is 1. The Morgan fingerprint density at radius 1 is 1.14 bits per heavy atom. The fourth-order valence-electron chi connectivity index (χ4n) is 4.17. The number of hydrogen-bond donors (Lipinski definition) is 2. The second-order valence-electron chi connectivity index (χ2n) is 7.91. The van der Waals surface area contributed by atoms with E-state index < -0.39 is 0 Å². The first-order valence-corrected chi connectivity index (χ1v) is 9.32. The number of aliphatic hydroxyl groups is 1. The Kier molecular flexibility index (Phi) is 5.23. The average molecular weight is 294 g/mol. The zero-order valence-corrected chi connectivity index (χ0v) is 13.9. The molecule has 0 aromatic heterocycles. The van der Waals surface area contributed by atoms with Gasteiger partial charge < -0.3 is 10.4 Å². The summed E-state index contributed by atoms with van der Waals surface area (Å²) in [4.78, 5) is 2.67. The predicted molar refractivity (Wildman–Crippen MR) is 87.3 cm³/mol. The smallest absolute Gasteiger partial charge is 0.0578 e. The van der Waals surface area contributed by atoms with E-state index in [1.807, 2.05) is 0 Å². The summed E-state index contributed by atoms with van der Waals surface area (Å²) in [6.07, 6.45) is 9.04. The molecular weight excluding hydrogens is 260 g/mol. The molecule has 3 heteroatoms. The summed E-state index contributed by atoms with van der Waals surface area (Å²) in [6.45, 7) is 8.02. The Balaban J connectivity index is 1.55. The molecule has 0 bridgehead atoms. The minimum Gasteiger partial charge on any atom is -0.393 e. The Morgan fingerprint density at radius 2 is 1.90 bits per heavy atom. The first-order valence-electron chi connectivity index (χ1n) is 9.32. The minimum absolute atomic E-state index is 0.118. The molecule has 0 amide bonds. The van der Waals surface area contributed by atoms with Crippen LogP contribution in [-0.4, -0.2) is 47.8 Å². The normalized spacial score (nSPS) is 34.4. The molecule has 2 saturated carbocycles. The predicted octanol–water partition coefficient (Wildman–Crippen LogP) is 2.64. The molecule has 3 aliphatic rings. The van der Waals surface area contributed by atoms with Crippen molar-refractivity contribution in [2.45, 2.75) is 77.0 Å². The summed E-state index contributed by atoms with van der Waals surface area (Å²) in [5, 5.41) is 14.2. The molecule has 0 radical (unpaired) electrons. The van der Waals surface area contributed by atoms with Crippen LogP contribution >= 0.6 is 0 Å². The molecule has 2 aliphatic carbocycles. The maximum absolute atomic E-state index is 10.3. The van der Waals surface area contributed by atoms with Gasteiger partial charge in [-0.05, 0) is 69.7 Å². The summed E-state index contributed by atoms with van der Waals surface area (Å²) in [7, 11) is 0. The molecule has 4 unspecified atom stereocenters. The van der Waals surface area contributed by atoms with E-state index in [0.717, 1.165) is 31.2 Å². The number of aliphatic hydroxyl groups excluding tert-OH is 1. The van der Waals surface area contributed by atoms with Crippen molar-refractivity contribution < 1.29 is 5.11 Å². The van der Waals surface area contributed by atoms with E-state index in [1.165, 1.54) is 45.2 Å². The molecule has 3 nitrogen and oxygen atoms in total. The highest BCUT2D eigenvalue weighted by Crippen LogP contribution is 2.37. The summed E-state index contributed by atoms with van der Waals surface area (Å²) in [5.41, 5.74) is 0. The molecule has 0 spiro atoms. The molecule has 1 saturated heterocycles. The van der Waals surface area contributed by atoms with E-state index in [0.29, 0.717) is 18.0 Å². The average Bonchev–Trinajstić information content (AvgIpc) is 3.28. The van der Waals surface area contributed by atoms with Gasteiger partial charge in [-0.2, -0.15) is 0 Å². The van der Waals surface area contributed by atoms with Crippen LogP contribution in [0.25, 0.3) is 0 Å². The first-order chi connectivity index (χ1) is 10.2. The van der Waals surface area contributed by atoms with E-state index in [-0.39, 0.29) is 6.10 Å². The van der Waals surface area contributed by atoms with Gasteiger partial charge in [0.25, 0.3) is 0 Å². The fourth-order valence-corrected chi connectivity index (χ4v) is 4.17. The Hall–Kier alpha value is -0.120. The van der Waals surface area contributed by atoms with E-state index in [1.54, 1.807) is 0 Å². The SMILES string of the molecule is CCC(O)C1CC(NCC2CCC2)CN(C(C)C2CC2)C1. The van der Waals surface area contributed by atoms with Crippen molar-refractivity contribution in [2.75, 3.05) is 19.6 Å². The zero-order valence-electron chi connectivity index (χ0n) is 13.9. The Labute approximate surface area is 130 Å². The molecule has 3 rings (SSSR count). The zero-order chi connectivity index (χ0) is 14.8. The Bertz CT molecular complexity index is 327. The monoisotopic (exact) mass is 294 g/mol. The fraction of sp³-hybridized carbons (Fsp3) is 1.00. The van der Waals surface area contributed by atoms with E-state index >= 15 is 0 Å². The highest BCUT2D eigenvalue weighted by molar-refractivity contribution is 4.93. The lowest BCUT2D eigenvalue weighted by Crippen LogP contribution is -2.55. The van der Waals surface area contributed by atoms with Gasteiger partial charge in [-0.15, -0.1) is 0 Å². The topological polar surface area (TPSA) is 35.5 Å². The van der Waals surface area contributed by atoms with Crippen LogP contribution in [-0.2, 0) is 0 Å². The quantitative estimate of drug-likeness (QED) is 0.758. The minimum atomic E-state index is -0.118. The summed E-state index contributed by atoms with van der Waals surface area (Å²) >= 11 is 0. The van der Waals surface area contributed by atoms with Crippen LogP contribution in [0.2, 0.25) is 0 Å². The third kappa shape index (κ3) is 4.00. The maximum Gasteiger partial charge on any atom is 0.0578 e. The lowest BCUT2D eigenvalue weighted by molar-refractivity contribution is 0.0169. The van der Waals surface area contributed by atoms with E-state index in [4.69, 9.17) is 0 Å². The van der Waals surface area contributed by atoms with Crippen molar-refractivity contribution in [1.29, 1.82) is 0 Å². The lowest BCUT2D eigenvalue weighted by Gasteiger charge is -2.43. The van der Waals surface area contributed by atoms with Crippen molar-refractivity contribution in [3.05, 3.63) is 0 Å². The highest BCUT2D eigenvalue weighted by atomic mass is 16.3. The van der Waals surface area contributed by atoms with Crippen LogP contribution in [0, 0.1) is 17.8 Å². The van der Waals surface area contributed by atoms with Gasteiger partial charge in [0.05, 0.1) is 6.10 Å². The van der Waals surface area contributed by atoms with Crippen LogP contribution in [0.4, 0.5) is 0 Å². The molecule has 21 heavy (non-hydrogen) atoms. The third-order valence-electron chi connectivity index (χ3n) is 6.27. The van der Waals surface area contributed by atoms with Gasteiger partial charge in [0.2, 0.25) is 0 Å². The van der Waals surface area contributed by atoms with Crippen LogP contribution in [0.1, 0.15) is 58.8 Å². The number of nitrogens with one attached hydrogen (secondary N) is 1. The molecule has 122 valence electrons. The van der Waals surface area contributed by atoms with Gasteiger partial charge >= 0.3 is 0 Å². The number of rotatable bonds is 7. The summed E-state index contributed by atoms with van der Waals surface area (Å²) in [5.74, 6) is 2.31. The van der Waals surface area contributed by atoms with Crippen molar-refractivity contribution in [1.82, 2.24) is 10.2 Å². The van der Waals surface area contributed by atoms with Crippen LogP contribution in [0.3, 0.4) is 0 Å². The second-order valence-corrected chi connectivity index (χ2v) is 7.91. The standard InChI is InChI=1S/C18H34N2O/c1-3-18(21)16-9-17(19-10-14-5-4-6-14)12-20(11-16)13(2)15-7-8-15/h13-19,21H,3-12H2,1-2H3. The largest absolute Gasteiger partial charge is 0.393 e. The molecule has 4 atom stereocenters.